The molecule has 0 bridgehead atoms. The van der Waals surface area contributed by atoms with Crippen molar-refractivity contribution in [1.82, 2.24) is 3.97 Å². The number of halogens is 3. The number of para-hydroxylation sites is 1. The van der Waals surface area contributed by atoms with Gasteiger partial charge in [-0.1, -0.05) is 34.1 Å². The SMILES string of the molecule is O=S(=O)(c1ccc(Br)cc1)n1cc(C(F)F)c2ccccc21. The Bertz CT molecular complexity index is 934. The van der Waals surface area contributed by atoms with Crippen molar-refractivity contribution in [3.63, 3.8) is 0 Å². The topological polar surface area (TPSA) is 39.1 Å². The molecule has 0 aliphatic carbocycles. The molecule has 3 nitrogen and oxygen atoms in total. The van der Waals surface area contributed by atoms with Gasteiger partial charge in [-0.25, -0.2) is 21.2 Å². The molecule has 0 saturated carbocycles. The second-order valence-electron chi connectivity index (χ2n) is 4.66. The number of rotatable bonds is 3. The molecular weight excluding hydrogens is 376 g/mol. The predicted octanol–water partition coefficient (Wildman–Crippen LogP) is 4.58. The van der Waals surface area contributed by atoms with Crippen molar-refractivity contribution in [2.45, 2.75) is 11.3 Å². The van der Waals surface area contributed by atoms with Crippen LogP contribution in [0.5, 0.6) is 0 Å². The smallest absolute Gasteiger partial charge is 0.241 e. The van der Waals surface area contributed by atoms with Gasteiger partial charge < -0.3 is 0 Å². The Morgan fingerprint density at radius 1 is 1.00 bits per heavy atom. The molecule has 0 aliphatic heterocycles. The monoisotopic (exact) mass is 385 g/mol. The minimum Gasteiger partial charge on any atom is -0.241 e. The van der Waals surface area contributed by atoms with Crippen molar-refractivity contribution < 1.29 is 17.2 Å². The number of benzene rings is 2. The van der Waals surface area contributed by atoms with Crippen molar-refractivity contribution in [1.29, 1.82) is 0 Å². The van der Waals surface area contributed by atoms with Gasteiger partial charge in [-0.15, -0.1) is 0 Å². The highest BCUT2D eigenvalue weighted by Gasteiger charge is 2.23. The molecule has 0 saturated heterocycles. The van der Waals surface area contributed by atoms with Crippen molar-refractivity contribution in [3.05, 3.63) is 64.8 Å². The number of hydrogen-bond donors (Lipinski definition) is 0. The van der Waals surface area contributed by atoms with Gasteiger partial charge in [0.1, 0.15) is 0 Å². The maximum absolute atomic E-state index is 13.1. The maximum atomic E-state index is 13.1. The summed E-state index contributed by atoms with van der Waals surface area (Å²) in [5.41, 5.74) is -0.0583. The van der Waals surface area contributed by atoms with Crippen LogP contribution >= 0.6 is 15.9 Å². The van der Waals surface area contributed by atoms with Gasteiger partial charge in [0.15, 0.2) is 0 Å². The van der Waals surface area contributed by atoms with Crippen molar-refractivity contribution in [2.24, 2.45) is 0 Å². The Kier molecular flexibility index (Phi) is 3.78. The standard InChI is InChI=1S/C15H10BrF2NO2S/c16-10-5-7-11(8-6-10)22(20,21)19-9-13(15(17)18)12-3-1-2-4-14(12)19/h1-9,15H. The molecule has 3 rings (SSSR count). The molecule has 114 valence electrons. The third-order valence-corrected chi connectivity index (χ3v) is 5.53. The molecule has 3 aromatic rings. The molecule has 0 unspecified atom stereocenters. The average Bonchev–Trinajstić information content (AvgIpc) is 2.88. The van der Waals surface area contributed by atoms with Crippen molar-refractivity contribution in [2.75, 3.05) is 0 Å². The van der Waals surface area contributed by atoms with Gasteiger partial charge in [-0.05, 0) is 30.3 Å². The first kappa shape index (κ1) is 15.2. The largest absolute Gasteiger partial charge is 0.268 e. The minimum absolute atomic E-state index is 0.0391. The van der Waals surface area contributed by atoms with E-state index in [0.29, 0.717) is 0 Å². The molecular formula is C15H10BrF2NO2S. The predicted molar refractivity (Wildman–Crippen MR) is 83.6 cm³/mol. The van der Waals surface area contributed by atoms with Gasteiger partial charge in [0.05, 0.1) is 10.4 Å². The van der Waals surface area contributed by atoms with E-state index in [2.05, 4.69) is 15.9 Å². The highest BCUT2D eigenvalue weighted by molar-refractivity contribution is 9.10. The van der Waals surface area contributed by atoms with Crippen LogP contribution in [0.25, 0.3) is 10.9 Å². The zero-order chi connectivity index (χ0) is 15.9. The fourth-order valence-electron chi connectivity index (χ4n) is 2.27. The van der Waals surface area contributed by atoms with Crippen LogP contribution in [0.1, 0.15) is 12.0 Å². The second-order valence-corrected chi connectivity index (χ2v) is 7.39. The molecule has 0 fully saturated rings. The molecule has 0 aliphatic rings. The summed E-state index contributed by atoms with van der Waals surface area (Å²) in [5.74, 6) is 0. The number of aromatic nitrogens is 1. The third-order valence-electron chi connectivity index (χ3n) is 3.31. The second kappa shape index (κ2) is 5.48. The van der Waals surface area contributed by atoms with E-state index in [4.69, 9.17) is 0 Å². The van der Waals surface area contributed by atoms with Gasteiger partial charge >= 0.3 is 0 Å². The Balaban J connectivity index is 2.27. The number of nitrogens with zero attached hydrogens (tertiary/aromatic N) is 1. The molecule has 2 aromatic carbocycles. The molecule has 7 heteroatoms. The van der Waals surface area contributed by atoms with E-state index >= 15 is 0 Å². The molecule has 0 spiro atoms. The van der Waals surface area contributed by atoms with Gasteiger partial charge in [0, 0.05) is 21.6 Å². The van der Waals surface area contributed by atoms with Crippen LogP contribution in [-0.4, -0.2) is 12.4 Å². The number of fused-ring (bicyclic) bond motifs is 1. The van der Waals surface area contributed by atoms with E-state index in [1.807, 2.05) is 0 Å². The molecule has 22 heavy (non-hydrogen) atoms. The van der Waals surface area contributed by atoms with Crippen LogP contribution in [0.15, 0.2) is 64.1 Å². The van der Waals surface area contributed by atoms with E-state index < -0.39 is 16.4 Å². The first-order valence-electron chi connectivity index (χ1n) is 6.30. The minimum atomic E-state index is -3.93. The summed E-state index contributed by atoms with van der Waals surface area (Å²) in [7, 11) is -3.93. The van der Waals surface area contributed by atoms with E-state index in [9.17, 15) is 17.2 Å². The summed E-state index contributed by atoms with van der Waals surface area (Å²) in [6.45, 7) is 0. The van der Waals surface area contributed by atoms with Crippen LogP contribution < -0.4 is 0 Å². The van der Waals surface area contributed by atoms with Gasteiger partial charge in [-0.3, -0.25) is 0 Å². The Labute approximate surface area is 134 Å². The molecule has 0 radical (unpaired) electrons. The summed E-state index contributed by atoms with van der Waals surface area (Å²) in [6, 6.07) is 12.3. The number of hydrogen-bond acceptors (Lipinski definition) is 2. The maximum Gasteiger partial charge on any atom is 0.268 e. The normalized spacial score (nSPS) is 12.2. The van der Waals surface area contributed by atoms with E-state index in [1.54, 1.807) is 24.3 Å². The van der Waals surface area contributed by atoms with Crippen LogP contribution in [0.4, 0.5) is 8.78 Å². The van der Waals surface area contributed by atoms with Crippen molar-refractivity contribution >= 4 is 36.9 Å². The summed E-state index contributed by atoms with van der Waals surface area (Å²) < 4.78 is 53.3. The Morgan fingerprint density at radius 2 is 1.64 bits per heavy atom. The first-order chi connectivity index (χ1) is 10.4. The summed E-state index contributed by atoms with van der Waals surface area (Å²) in [4.78, 5) is 0.0391. The first-order valence-corrected chi connectivity index (χ1v) is 8.54. The zero-order valence-electron chi connectivity index (χ0n) is 11.1. The quantitative estimate of drug-likeness (QED) is 0.661. The van der Waals surface area contributed by atoms with Crippen LogP contribution in [0.2, 0.25) is 0 Å². The van der Waals surface area contributed by atoms with Gasteiger partial charge in [-0.2, -0.15) is 0 Å². The molecule has 1 heterocycles. The van der Waals surface area contributed by atoms with Gasteiger partial charge in [0.25, 0.3) is 16.4 Å². The lowest BCUT2D eigenvalue weighted by Crippen LogP contribution is -2.11. The molecule has 0 N–H and O–H groups in total. The van der Waals surface area contributed by atoms with Gasteiger partial charge in [0.2, 0.25) is 0 Å². The van der Waals surface area contributed by atoms with E-state index in [0.717, 1.165) is 14.6 Å². The van der Waals surface area contributed by atoms with Crippen LogP contribution in [-0.2, 0) is 10.0 Å². The lowest BCUT2D eigenvalue weighted by atomic mass is 10.2. The van der Waals surface area contributed by atoms with E-state index in [-0.39, 0.29) is 21.4 Å². The molecule has 0 atom stereocenters. The fraction of sp³-hybridized carbons (Fsp3) is 0.0667. The average molecular weight is 386 g/mol. The zero-order valence-corrected chi connectivity index (χ0v) is 13.5. The fourth-order valence-corrected chi connectivity index (χ4v) is 3.91. The number of alkyl halides is 2. The molecule has 0 amide bonds. The van der Waals surface area contributed by atoms with Crippen LogP contribution in [0.3, 0.4) is 0 Å². The lowest BCUT2D eigenvalue weighted by molar-refractivity contribution is 0.153. The van der Waals surface area contributed by atoms with Crippen molar-refractivity contribution in [3.8, 4) is 0 Å². The van der Waals surface area contributed by atoms with E-state index in [1.165, 1.54) is 24.3 Å². The Morgan fingerprint density at radius 3 is 2.27 bits per heavy atom. The summed E-state index contributed by atoms with van der Waals surface area (Å²) >= 11 is 3.23. The molecule has 1 aromatic heterocycles. The Hall–Kier alpha value is -1.73. The summed E-state index contributed by atoms with van der Waals surface area (Å²) in [5, 5.41) is 0.234. The lowest BCUT2D eigenvalue weighted by Gasteiger charge is -2.07. The van der Waals surface area contributed by atoms with Crippen LogP contribution in [0, 0.1) is 0 Å². The highest BCUT2D eigenvalue weighted by atomic mass is 79.9. The summed E-state index contributed by atoms with van der Waals surface area (Å²) in [6.07, 6.45) is -1.75. The highest BCUT2D eigenvalue weighted by Crippen LogP contribution is 2.32. The third kappa shape index (κ3) is 2.44.